The van der Waals surface area contributed by atoms with Crippen LogP contribution < -0.4 is 5.73 Å². The molecule has 0 saturated heterocycles. The lowest BCUT2D eigenvalue weighted by atomic mass is 9.86. The molecule has 0 heterocycles. The third-order valence-electron chi connectivity index (χ3n) is 1.49. The van der Waals surface area contributed by atoms with E-state index in [2.05, 4.69) is 0 Å². The van der Waals surface area contributed by atoms with Crippen molar-refractivity contribution in [1.82, 2.24) is 0 Å². The molecular formula is C6H7BCl2NO2P. The van der Waals surface area contributed by atoms with Gasteiger partial charge in [-0.25, -0.2) is 4.57 Å². The first-order valence-corrected chi connectivity index (χ1v) is 6.93. The quantitative estimate of drug-likeness (QED) is 0.592. The van der Waals surface area contributed by atoms with E-state index in [-0.39, 0.29) is 0 Å². The number of halogens is 2. The number of nitrogens with two attached hydrogens (primary N) is 1. The van der Waals surface area contributed by atoms with Gasteiger partial charge >= 0.3 is 6.07 Å². The van der Waals surface area contributed by atoms with E-state index >= 15 is 0 Å². The predicted molar refractivity (Wildman–Crippen MR) is 54.9 cm³/mol. The van der Waals surface area contributed by atoms with E-state index < -0.39 is 12.1 Å². The highest BCUT2D eigenvalue weighted by molar-refractivity contribution is 8.05. The molecule has 0 aromatic heterocycles. The summed E-state index contributed by atoms with van der Waals surface area (Å²) < 4.78 is 15.6. The summed E-state index contributed by atoms with van der Waals surface area (Å²) in [5, 5.41) is 0. The second-order valence-electron chi connectivity index (χ2n) is 2.63. The van der Waals surface area contributed by atoms with Crippen molar-refractivity contribution in [2.45, 2.75) is 12.5 Å². The van der Waals surface area contributed by atoms with E-state index in [9.17, 15) is 4.57 Å². The summed E-state index contributed by atoms with van der Waals surface area (Å²) in [5.41, 5.74) is 6.26. The van der Waals surface area contributed by atoms with Gasteiger partial charge in [-0.05, 0) is 12.5 Å². The molecule has 1 aliphatic carbocycles. The molecular weight excluding hydrogens is 231 g/mol. The number of rotatable bonds is 2. The predicted octanol–water partition coefficient (Wildman–Crippen LogP) is 2.26. The minimum atomic E-state index is -3.57. The highest BCUT2D eigenvalue weighted by Crippen LogP contribution is 2.59. The normalized spacial score (nSPS) is 23.5. The average Bonchev–Trinajstić information content (AvgIpc) is 1.93. The minimum absolute atomic E-state index is 0.294. The van der Waals surface area contributed by atoms with Gasteiger partial charge in [0.25, 0.3) is 0 Å². The van der Waals surface area contributed by atoms with E-state index in [1.807, 2.05) is 0 Å². The smallest absolute Gasteiger partial charge is 0.425 e. The maximum Gasteiger partial charge on any atom is 0.427 e. The molecule has 0 aliphatic heterocycles. The van der Waals surface area contributed by atoms with Crippen LogP contribution in [-0.4, -0.2) is 13.9 Å². The highest BCUT2D eigenvalue weighted by Gasteiger charge is 2.23. The Morgan fingerprint density at radius 1 is 1.62 bits per heavy atom. The molecule has 2 radical (unpaired) electrons. The van der Waals surface area contributed by atoms with Crippen molar-refractivity contribution in [2.75, 3.05) is 0 Å². The SMILES string of the molecule is [B]C1=CC=C(OP(=O)(Cl)Cl)C(N)C1. The van der Waals surface area contributed by atoms with Crippen LogP contribution in [0.2, 0.25) is 0 Å². The Labute approximate surface area is 87.4 Å². The molecule has 1 atom stereocenters. The highest BCUT2D eigenvalue weighted by atomic mass is 35.9. The summed E-state index contributed by atoms with van der Waals surface area (Å²) in [6, 6.07) is -0.434. The van der Waals surface area contributed by atoms with Crippen LogP contribution in [-0.2, 0) is 9.09 Å². The van der Waals surface area contributed by atoms with Gasteiger partial charge in [0.2, 0.25) is 0 Å². The van der Waals surface area contributed by atoms with Gasteiger partial charge < -0.3 is 10.3 Å². The first-order chi connectivity index (χ1) is 5.88. The van der Waals surface area contributed by atoms with Crippen LogP contribution in [0.3, 0.4) is 0 Å². The lowest BCUT2D eigenvalue weighted by Crippen LogP contribution is -2.25. The topological polar surface area (TPSA) is 52.3 Å². The van der Waals surface area contributed by atoms with Crippen molar-refractivity contribution in [2.24, 2.45) is 5.73 Å². The Morgan fingerprint density at radius 3 is 2.69 bits per heavy atom. The molecule has 0 saturated carbocycles. The molecule has 1 unspecified atom stereocenters. The zero-order chi connectivity index (χ0) is 10.1. The first-order valence-electron chi connectivity index (χ1n) is 3.49. The van der Waals surface area contributed by atoms with E-state index in [0.29, 0.717) is 17.7 Å². The molecule has 1 aliphatic rings. The second kappa shape index (κ2) is 4.10. The number of hydrogen-bond donors (Lipinski definition) is 1. The standard InChI is InChI=1S/C6H7BCl2NO2P/c7-4-1-2-6(5(10)3-4)12-13(8,9)11/h1-2,5H,3,10H2. The molecule has 2 N–H and O–H groups in total. The molecule has 0 spiro atoms. The maximum atomic E-state index is 10.9. The molecule has 3 nitrogen and oxygen atoms in total. The molecule has 0 aromatic carbocycles. The monoisotopic (exact) mass is 237 g/mol. The second-order valence-corrected chi connectivity index (χ2v) is 6.83. The van der Waals surface area contributed by atoms with Crippen LogP contribution in [0.25, 0.3) is 0 Å². The van der Waals surface area contributed by atoms with E-state index in [4.69, 9.17) is 40.6 Å². The van der Waals surface area contributed by atoms with Crippen molar-refractivity contribution < 1.29 is 9.09 Å². The van der Waals surface area contributed by atoms with Crippen LogP contribution >= 0.6 is 28.6 Å². The third kappa shape index (κ3) is 3.78. The van der Waals surface area contributed by atoms with Gasteiger partial charge in [-0.2, -0.15) is 0 Å². The first kappa shape index (κ1) is 11.2. The summed E-state index contributed by atoms with van der Waals surface area (Å²) >= 11 is 10.4. The molecule has 0 bridgehead atoms. The summed E-state index contributed by atoms with van der Waals surface area (Å²) in [7, 11) is 5.50. The number of allylic oxidation sites excluding steroid dienone is 2. The average molecular weight is 238 g/mol. The van der Waals surface area contributed by atoms with Gasteiger partial charge in [-0.3, -0.25) is 0 Å². The Balaban J connectivity index is 2.75. The Bertz CT molecular complexity index is 312. The van der Waals surface area contributed by atoms with Crippen LogP contribution in [0.4, 0.5) is 0 Å². The summed E-state index contributed by atoms with van der Waals surface area (Å²) in [6.45, 7) is 0. The van der Waals surface area contributed by atoms with Crippen molar-refractivity contribution in [3.63, 3.8) is 0 Å². The van der Waals surface area contributed by atoms with Crippen molar-refractivity contribution in [3.05, 3.63) is 23.4 Å². The molecule has 0 aromatic rings. The van der Waals surface area contributed by atoms with Crippen molar-refractivity contribution in [1.29, 1.82) is 0 Å². The largest absolute Gasteiger partial charge is 0.427 e. The lowest BCUT2D eigenvalue weighted by molar-refractivity contribution is 0.390. The van der Waals surface area contributed by atoms with Crippen LogP contribution in [0.5, 0.6) is 0 Å². The van der Waals surface area contributed by atoms with E-state index in [0.717, 1.165) is 0 Å². The van der Waals surface area contributed by atoms with Gasteiger partial charge in [-0.15, -0.1) is 5.47 Å². The van der Waals surface area contributed by atoms with Crippen molar-refractivity contribution in [3.8, 4) is 0 Å². The maximum absolute atomic E-state index is 10.9. The Kier molecular flexibility index (Phi) is 3.53. The fourth-order valence-electron chi connectivity index (χ4n) is 0.956. The Morgan fingerprint density at radius 2 is 2.23 bits per heavy atom. The van der Waals surface area contributed by atoms with Gasteiger partial charge in [0.05, 0.1) is 6.04 Å². The van der Waals surface area contributed by atoms with Gasteiger partial charge in [0.15, 0.2) is 0 Å². The molecule has 13 heavy (non-hydrogen) atoms. The van der Waals surface area contributed by atoms with Crippen LogP contribution in [0, 0.1) is 0 Å². The third-order valence-corrected chi connectivity index (χ3v) is 2.33. The molecule has 0 amide bonds. The lowest BCUT2D eigenvalue weighted by Gasteiger charge is -2.20. The van der Waals surface area contributed by atoms with Crippen LogP contribution in [0.15, 0.2) is 23.4 Å². The molecule has 70 valence electrons. The fourth-order valence-corrected chi connectivity index (χ4v) is 1.88. The van der Waals surface area contributed by atoms with Crippen LogP contribution in [0.1, 0.15) is 6.42 Å². The van der Waals surface area contributed by atoms with Gasteiger partial charge in [0.1, 0.15) is 13.6 Å². The summed E-state index contributed by atoms with van der Waals surface area (Å²) in [5.74, 6) is 0.294. The van der Waals surface area contributed by atoms with Gasteiger partial charge in [-0.1, -0.05) is 6.08 Å². The zero-order valence-electron chi connectivity index (χ0n) is 6.61. The Hall–Kier alpha value is 0.115. The minimum Gasteiger partial charge on any atom is -0.425 e. The fraction of sp³-hybridized carbons (Fsp3) is 0.333. The van der Waals surface area contributed by atoms with E-state index in [1.54, 1.807) is 6.08 Å². The number of hydrogen-bond acceptors (Lipinski definition) is 3. The molecule has 7 heteroatoms. The summed E-state index contributed by atoms with van der Waals surface area (Å²) in [6.07, 6.45) is 0.00687. The summed E-state index contributed by atoms with van der Waals surface area (Å²) in [4.78, 5) is 0. The van der Waals surface area contributed by atoms with Crippen molar-refractivity contribution >= 4 is 36.4 Å². The molecule has 0 fully saturated rings. The van der Waals surface area contributed by atoms with E-state index in [1.165, 1.54) is 6.08 Å². The van der Waals surface area contributed by atoms with Gasteiger partial charge in [0, 0.05) is 22.5 Å². The zero-order valence-corrected chi connectivity index (χ0v) is 9.02. The molecule has 1 rings (SSSR count).